The second-order valence-electron chi connectivity index (χ2n) is 4.01. The molecule has 0 radical (unpaired) electrons. The van der Waals surface area contributed by atoms with Gasteiger partial charge >= 0.3 is 0 Å². The number of rotatable bonds is 2. The van der Waals surface area contributed by atoms with Gasteiger partial charge in [-0.25, -0.2) is 0 Å². The normalized spacial score (nSPS) is 10.7. The summed E-state index contributed by atoms with van der Waals surface area (Å²) in [5.41, 5.74) is 13.4. The maximum absolute atomic E-state index is 6.27. The summed E-state index contributed by atoms with van der Waals surface area (Å²) in [5, 5.41) is 12.4. The van der Waals surface area contributed by atoms with E-state index in [4.69, 9.17) is 23.1 Å². The summed E-state index contributed by atoms with van der Waals surface area (Å²) < 4.78 is 1.42. The number of anilines is 2. The molecule has 0 atom stereocenters. The SMILES string of the molecule is Nc1nc(N)n(-c2ccc(-c3cccnn3)c(Cl)c2)n1. The van der Waals surface area contributed by atoms with Crippen LogP contribution in [-0.2, 0) is 0 Å². The molecule has 7 nitrogen and oxygen atoms in total. The highest BCUT2D eigenvalue weighted by atomic mass is 35.5. The van der Waals surface area contributed by atoms with Crippen molar-refractivity contribution in [2.24, 2.45) is 0 Å². The Morgan fingerprint density at radius 1 is 1.15 bits per heavy atom. The van der Waals surface area contributed by atoms with Crippen LogP contribution in [0.2, 0.25) is 5.02 Å². The van der Waals surface area contributed by atoms with Gasteiger partial charge in [0.25, 0.3) is 0 Å². The standard InChI is InChI=1S/C12H10ClN7/c13-9-6-7(20-12(15)17-11(14)19-20)3-4-8(9)10-2-1-5-16-18-10/h1-6H,(H4,14,15,17,19). The topological polar surface area (TPSA) is 109 Å². The van der Waals surface area contributed by atoms with Crippen molar-refractivity contribution in [1.82, 2.24) is 25.0 Å². The van der Waals surface area contributed by atoms with Crippen LogP contribution in [-0.4, -0.2) is 25.0 Å². The van der Waals surface area contributed by atoms with Gasteiger partial charge in [-0.15, -0.1) is 5.10 Å². The van der Waals surface area contributed by atoms with Crippen LogP contribution in [0.15, 0.2) is 36.5 Å². The van der Waals surface area contributed by atoms with Crippen LogP contribution in [0, 0.1) is 0 Å². The number of nitrogens with zero attached hydrogens (tertiary/aromatic N) is 5. The first-order valence-electron chi connectivity index (χ1n) is 5.71. The number of benzene rings is 1. The Labute approximate surface area is 119 Å². The van der Waals surface area contributed by atoms with Crippen molar-refractivity contribution in [2.45, 2.75) is 0 Å². The zero-order valence-corrected chi connectivity index (χ0v) is 11.0. The lowest BCUT2D eigenvalue weighted by Gasteiger charge is -2.07. The third-order valence-corrected chi connectivity index (χ3v) is 3.01. The summed E-state index contributed by atoms with van der Waals surface area (Å²) in [7, 11) is 0. The third-order valence-electron chi connectivity index (χ3n) is 2.69. The molecular formula is C12H10ClN7. The van der Waals surface area contributed by atoms with Crippen molar-refractivity contribution in [3.05, 3.63) is 41.6 Å². The number of hydrogen-bond acceptors (Lipinski definition) is 6. The third kappa shape index (κ3) is 2.14. The molecule has 0 aliphatic rings. The van der Waals surface area contributed by atoms with Gasteiger partial charge in [0.2, 0.25) is 11.9 Å². The lowest BCUT2D eigenvalue weighted by molar-refractivity contribution is 0.895. The number of halogens is 1. The van der Waals surface area contributed by atoms with Gasteiger partial charge in [-0.3, -0.25) is 0 Å². The molecule has 0 saturated heterocycles. The fourth-order valence-electron chi connectivity index (χ4n) is 1.82. The maximum atomic E-state index is 6.27. The van der Waals surface area contributed by atoms with E-state index in [1.807, 2.05) is 12.1 Å². The lowest BCUT2D eigenvalue weighted by Crippen LogP contribution is -2.02. The van der Waals surface area contributed by atoms with Crippen LogP contribution in [0.25, 0.3) is 16.9 Å². The van der Waals surface area contributed by atoms with Crippen LogP contribution in [0.5, 0.6) is 0 Å². The van der Waals surface area contributed by atoms with E-state index < -0.39 is 0 Å². The predicted octanol–water partition coefficient (Wildman–Crippen LogP) is 1.54. The Balaban J connectivity index is 2.06. The summed E-state index contributed by atoms with van der Waals surface area (Å²) in [4.78, 5) is 3.84. The molecule has 0 unspecified atom stereocenters. The Morgan fingerprint density at radius 2 is 2.00 bits per heavy atom. The fourth-order valence-corrected chi connectivity index (χ4v) is 2.09. The second kappa shape index (κ2) is 4.78. The summed E-state index contributed by atoms with van der Waals surface area (Å²) in [6.45, 7) is 0. The first-order valence-corrected chi connectivity index (χ1v) is 6.09. The molecule has 0 saturated carbocycles. The molecule has 3 rings (SSSR count). The van der Waals surface area contributed by atoms with Gasteiger partial charge in [0.1, 0.15) is 0 Å². The van der Waals surface area contributed by atoms with Crippen LogP contribution in [0.3, 0.4) is 0 Å². The van der Waals surface area contributed by atoms with Crippen LogP contribution < -0.4 is 11.5 Å². The number of aromatic nitrogens is 5. The van der Waals surface area contributed by atoms with Crippen LogP contribution in [0.1, 0.15) is 0 Å². The molecule has 0 spiro atoms. The van der Waals surface area contributed by atoms with Gasteiger partial charge in [0, 0.05) is 11.8 Å². The first-order chi connectivity index (χ1) is 9.65. The van der Waals surface area contributed by atoms with Crippen LogP contribution in [0.4, 0.5) is 11.9 Å². The van der Waals surface area contributed by atoms with Gasteiger partial charge in [0.15, 0.2) is 0 Å². The van der Waals surface area contributed by atoms with E-state index in [2.05, 4.69) is 20.3 Å². The number of nitrogens with two attached hydrogens (primary N) is 2. The summed E-state index contributed by atoms with van der Waals surface area (Å²) in [6.07, 6.45) is 1.60. The molecule has 3 aromatic rings. The van der Waals surface area contributed by atoms with Crippen molar-refractivity contribution in [3.8, 4) is 16.9 Å². The van der Waals surface area contributed by atoms with Crippen molar-refractivity contribution < 1.29 is 0 Å². The fraction of sp³-hybridized carbons (Fsp3) is 0. The molecule has 0 bridgehead atoms. The first kappa shape index (κ1) is 12.4. The highest BCUT2D eigenvalue weighted by molar-refractivity contribution is 6.33. The van der Waals surface area contributed by atoms with Gasteiger partial charge in [-0.1, -0.05) is 11.6 Å². The Morgan fingerprint density at radius 3 is 2.60 bits per heavy atom. The molecule has 0 aliphatic heterocycles. The van der Waals surface area contributed by atoms with E-state index in [9.17, 15) is 0 Å². The molecule has 0 amide bonds. The Kier molecular flexibility index (Phi) is 2.96. The maximum Gasteiger partial charge on any atom is 0.241 e. The Bertz CT molecular complexity index is 754. The minimum atomic E-state index is 0.108. The van der Waals surface area contributed by atoms with Gasteiger partial charge < -0.3 is 11.5 Å². The van der Waals surface area contributed by atoms with E-state index in [0.717, 1.165) is 5.56 Å². The molecule has 8 heteroatoms. The van der Waals surface area contributed by atoms with Crippen molar-refractivity contribution >= 4 is 23.5 Å². The molecule has 20 heavy (non-hydrogen) atoms. The molecule has 1 aromatic carbocycles. The average molecular weight is 288 g/mol. The molecule has 2 aromatic heterocycles. The molecular weight excluding hydrogens is 278 g/mol. The largest absolute Gasteiger partial charge is 0.368 e. The zero-order chi connectivity index (χ0) is 14.1. The predicted molar refractivity (Wildman–Crippen MR) is 76.2 cm³/mol. The minimum Gasteiger partial charge on any atom is -0.368 e. The van der Waals surface area contributed by atoms with Crippen LogP contribution >= 0.6 is 11.6 Å². The number of nitrogen functional groups attached to an aromatic ring is 2. The second-order valence-corrected chi connectivity index (χ2v) is 4.42. The Hall–Kier alpha value is -2.67. The van der Waals surface area contributed by atoms with Crippen molar-refractivity contribution in [3.63, 3.8) is 0 Å². The van der Waals surface area contributed by atoms with E-state index in [1.165, 1.54) is 4.68 Å². The summed E-state index contributed by atoms with van der Waals surface area (Å²) in [5.74, 6) is 0.308. The lowest BCUT2D eigenvalue weighted by atomic mass is 10.1. The van der Waals surface area contributed by atoms with Crippen molar-refractivity contribution in [1.29, 1.82) is 0 Å². The minimum absolute atomic E-state index is 0.108. The zero-order valence-electron chi connectivity index (χ0n) is 10.2. The molecule has 2 heterocycles. The summed E-state index contributed by atoms with van der Waals surface area (Å²) >= 11 is 6.27. The van der Waals surface area contributed by atoms with Gasteiger partial charge in [0.05, 0.1) is 16.4 Å². The average Bonchev–Trinajstić information content (AvgIpc) is 2.78. The smallest absolute Gasteiger partial charge is 0.241 e. The monoisotopic (exact) mass is 287 g/mol. The number of hydrogen-bond donors (Lipinski definition) is 2. The van der Waals surface area contributed by atoms with Crippen molar-refractivity contribution in [2.75, 3.05) is 11.5 Å². The molecule has 100 valence electrons. The highest BCUT2D eigenvalue weighted by Gasteiger charge is 2.10. The quantitative estimate of drug-likeness (QED) is 0.740. The van der Waals surface area contributed by atoms with E-state index >= 15 is 0 Å². The molecule has 4 N–H and O–H groups in total. The van der Waals surface area contributed by atoms with E-state index in [0.29, 0.717) is 16.4 Å². The van der Waals surface area contributed by atoms with E-state index in [-0.39, 0.29) is 11.9 Å². The summed E-state index contributed by atoms with van der Waals surface area (Å²) in [6, 6.07) is 8.97. The van der Waals surface area contributed by atoms with Gasteiger partial charge in [-0.2, -0.15) is 19.9 Å². The van der Waals surface area contributed by atoms with E-state index in [1.54, 1.807) is 24.4 Å². The highest BCUT2D eigenvalue weighted by Crippen LogP contribution is 2.28. The molecule has 0 fully saturated rings. The molecule has 0 aliphatic carbocycles. The van der Waals surface area contributed by atoms with Gasteiger partial charge in [-0.05, 0) is 30.3 Å².